The van der Waals surface area contributed by atoms with Crippen LogP contribution in [0.2, 0.25) is 0 Å². The van der Waals surface area contributed by atoms with Crippen LogP contribution in [0.5, 0.6) is 0 Å². The Morgan fingerprint density at radius 3 is 2.81 bits per heavy atom. The van der Waals surface area contributed by atoms with Crippen LogP contribution in [0.25, 0.3) is 0 Å². The van der Waals surface area contributed by atoms with Gasteiger partial charge in [-0.1, -0.05) is 12.2 Å². The molecule has 2 N–H and O–H groups in total. The molecule has 0 aliphatic heterocycles. The summed E-state index contributed by atoms with van der Waals surface area (Å²) in [6, 6.07) is 2.06. The lowest BCUT2D eigenvalue weighted by Crippen LogP contribution is -2.28. The van der Waals surface area contributed by atoms with E-state index in [0.29, 0.717) is 4.99 Å². The van der Waals surface area contributed by atoms with Crippen molar-refractivity contribution in [3.05, 3.63) is 22.3 Å². The molecule has 0 radical (unpaired) electrons. The Labute approximate surface area is 110 Å². The van der Waals surface area contributed by atoms with E-state index in [1.54, 1.807) is 0 Å². The third kappa shape index (κ3) is 3.72. The van der Waals surface area contributed by atoms with E-state index in [1.807, 2.05) is 6.20 Å². The van der Waals surface area contributed by atoms with Gasteiger partial charge in [0.2, 0.25) is 0 Å². The number of hydrogen-bond acceptors (Lipinski definition) is 3. The summed E-state index contributed by atoms with van der Waals surface area (Å²) in [5, 5.41) is 0. The van der Waals surface area contributed by atoms with Crippen molar-refractivity contribution in [3.8, 4) is 0 Å². The Morgan fingerprint density at radius 2 is 2.31 bits per heavy atom. The van der Waals surface area contributed by atoms with E-state index in [1.165, 1.54) is 0 Å². The molecule has 5 heteroatoms. The molecule has 1 heterocycles. The molecule has 0 amide bonds. The molecule has 3 nitrogen and oxygen atoms in total. The lowest BCUT2D eigenvalue weighted by atomic mass is 10.2. The Morgan fingerprint density at radius 1 is 1.62 bits per heavy atom. The molecule has 0 aliphatic rings. The average molecular weight is 302 g/mol. The molecule has 0 saturated carbocycles. The Bertz CT molecular complexity index is 381. The van der Waals surface area contributed by atoms with E-state index in [4.69, 9.17) is 18.0 Å². The molecule has 0 bridgehead atoms. The number of hydrogen-bond donors (Lipinski definition) is 1. The monoisotopic (exact) mass is 301 g/mol. The van der Waals surface area contributed by atoms with Crippen LogP contribution >= 0.6 is 28.1 Å². The molecule has 0 spiro atoms. The molecule has 0 atom stereocenters. The van der Waals surface area contributed by atoms with Crippen molar-refractivity contribution >= 4 is 39.0 Å². The molecule has 0 aliphatic carbocycles. The molecule has 0 saturated heterocycles. The first kappa shape index (κ1) is 13.4. The van der Waals surface area contributed by atoms with Crippen LogP contribution in [-0.2, 0) is 0 Å². The van der Waals surface area contributed by atoms with Crippen molar-refractivity contribution in [1.29, 1.82) is 0 Å². The van der Waals surface area contributed by atoms with Gasteiger partial charge in [-0.25, -0.2) is 4.98 Å². The maximum atomic E-state index is 5.51. The van der Waals surface area contributed by atoms with Crippen LogP contribution < -0.4 is 10.6 Å². The highest BCUT2D eigenvalue weighted by Crippen LogP contribution is 2.20. The molecule has 1 rings (SSSR count). The third-order valence-corrected chi connectivity index (χ3v) is 2.96. The zero-order chi connectivity index (χ0) is 12.1. The lowest BCUT2D eigenvalue weighted by Gasteiger charge is -2.23. The Hall–Kier alpha value is -0.680. The van der Waals surface area contributed by atoms with E-state index in [0.717, 1.165) is 35.4 Å². The number of aryl methyl sites for hydroxylation is 1. The maximum Gasteiger partial charge on any atom is 0.131 e. The summed E-state index contributed by atoms with van der Waals surface area (Å²) in [5.41, 5.74) is 6.66. The topological polar surface area (TPSA) is 42.1 Å². The second kappa shape index (κ2) is 6.15. The van der Waals surface area contributed by atoms with Crippen LogP contribution in [0.1, 0.15) is 18.9 Å². The molecule has 16 heavy (non-hydrogen) atoms. The van der Waals surface area contributed by atoms with Gasteiger partial charge in [-0.05, 0) is 41.4 Å². The van der Waals surface area contributed by atoms with Crippen LogP contribution in [0.3, 0.4) is 0 Å². The second-order valence-corrected chi connectivity index (χ2v) is 5.03. The van der Waals surface area contributed by atoms with Crippen LogP contribution in [0.4, 0.5) is 5.82 Å². The summed E-state index contributed by atoms with van der Waals surface area (Å²) in [7, 11) is 0. The minimum atomic E-state index is 0.549. The van der Waals surface area contributed by atoms with E-state index >= 15 is 0 Å². The van der Waals surface area contributed by atoms with Gasteiger partial charge in [-0.2, -0.15) is 0 Å². The number of rotatable bonds is 5. The average Bonchev–Trinajstić information content (AvgIpc) is 2.21. The predicted octanol–water partition coefficient (Wildman–Crippen LogP) is 2.66. The molecular formula is C11H16BrN3S. The highest BCUT2D eigenvalue weighted by Gasteiger charge is 2.09. The molecule has 0 unspecified atom stereocenters. The Kier molecular flexibility index (Phi) is 5.15. The van der Waals surface area contributed by atoms with Gasteiger partial charge in [0.15, 0.2) is 0 Å². The van der Waals surface area contributed by atoms with Gasteiger partial charge in [0, 0.05) is 30.2 Å². The highest BCUT2D eigenvalue weighted by atomic mass is 79.9. The predicted molar refractivity (Wildman–Crippen MR) is 76.0 cm³/mol. The van der Waals surface area contributed by atoms with Gasteiger partial charge in [-0.15, -0.1) is 0 Å². The van der Waals surface area contributed by atoms with Gasteiger partial charge in [0.25, 0.3) is 0 Å². The minimum absolute atomic E-state index is 0.549. The van der Waals surface area contributed by atoms with Crippen molar-refractivity contribution < 1.29 is 0 Å². The SMILES string of the molecule is CCN(CCC(N)=S)c1ncc(Br)cc1C. The van der Waals surface area contributed by atoms with Crippen LogP contribution in [0, 0.1) is 6.92 Å². The smallest absolute Gasteiger partial charge is 0.131 e. The number of halogens is 1. The van der Waals surface area contributed by atoms with E-state index in [9.17, 15) is 0 Å². The van der Waals surface area contributed by atoms with Gasteiger partial charge in [0.05, 0.1) is 4.99 Å². The summed E-state index contributed by atoms with van der Waals surface area (Å²) in [6.07, 6.45) is 2.53. The first-order valence-electron chi connectivity index (χ1n) is 5.20. The maximum absolute atomic E-state index is 5.51. The molecule has 0 fully saturated rings. The van der Waals surface area contributed by atoms with E-state index in [2.05, 4.69) is 45.7 Å². The zero-order valence-corrected chi connectivity index (χ0v) is 11.9. The summed E-state index contributed by atoms with van der Waals surface area (Å²) in [5.74, 6) is 1.00. The Balaban J connectivity index is 2.82. The lowest BCUT2D eigenvalue weighted by molar-refractivity contribution is 0.814. The summed E-state index contributed by atoms with van der Waals surface area (Å²) >= 11 is 8.30. The van der Waals surface area contributed by atoms with E-state index < -0.39 is 0 Å². The largest absolute Gasteiger partial charge is 0.393 e. The fraction of sp³-hybridized carbons (Fsp3) is 0.455. The molecule has 88 valence electrons. The van der Waals surface area contributed by atoms with Crippen molar-refractivity contribution in [2.75, 3.05) is 18.0 Å². The van der Waals surface area contributed by atoms with Crippen molar-refractivity contribution in [1.82, 2.24) is 4.98 Å². The fourth-order valence-electron chi connectivity index (χ4n) is 1.52. The van der Waals surface area contributed by atoms with Crippen molar-refractivity contribution in [3.63, 3.8) is 0 Å². The first-order valence-corrected chi connectivity index (χ1v) is 6.40. The highest BCUT2D eigenvalue weighted by molar-refractivity contribution is 9.10. The summed E-state index contributed by atoms with van der Waals surface area (Å²) in [4.78, 5) is 7.15. The van der Waals surface area contributed by atoms with Gasteiger partial charge >= 0.3 is 0 Å². The normalized spacial score (nSPS) is 10.2. The van der Waals surface area contributed by atoms with Gasteiger partial charge < -0.3 is 10.6 Å². The minimum Gasteiger partial charge on any atom is -0.393 e. The second-order valence-electron chi connectivity index (χ2n) is 3.59. The van der Waals surface area contributed by atoms with Gasteiger partial charge in [-0.3, -0.25) is 0 Å². The third-order valence-electron chi connectivity index (χ3n) is 2.33. The van der Waals surface area contributed by atoms with Crippen molar-refractivity contribution in [2.24, 2.45) is 5.73 Å². The summed E-state index contributed by atoms with van der Waals surface area (Å²) in [6.45, 7) is 5.87. The molecule has 0 aromatic carbocycles. The first-order chi connectivity index (χ1) is 7.54. The number of pyridine rings is 1. The number of anilines is 1. The fourth-order valence-corrected chi connectivity index (χ4v) is 2.06. The summed E-state index contributed by atoms with van der Waals surface area (Å²) < 4.78 is 0.999. The number of nitrogens with zero attached hydrogens (tertiary/aromatic N) is 2. The molecule has 1 aromatic rings. The van der Waals surface area contributed by atoms with E-state index in [-0.39, 0.29) is 0 Å². The van der Waals surface area contributed by atoms with Crippen molar-refractivity contribution in [2.45, 2.75) is 20.3 Å². The van der Waals surface area contributed by atoms with Crippen LogP contribution in [0.15, 0.2) is 16.7 Å². The standard InChI is InChI=1S/C11H16BrN3S/c1-3-15(5-4-10(13)16)11-8(2)6-9(12)7-14-11/h6-7H,3-5H2,1-2H3,(H2,13,16). The number of thiocarbonyl (C=S) groups is 1. The number of aromatic nitrogens is 1. The van der Waals surface area contributed by atoms with Crippen LogP contribution in [-0.4, -0.2) is 23.1 Å². The zero-order valence-electron chi connectivity index (χ0n) is 9.53. The van der Waals surface area contributed by atoms with Gasteiger partial charge in [0.1, 0.15) is 5.82 Å². The quantitative estimate of drug-likeness (QED) is 0.849. The number of nitrogens with two attached hydrogens (primary N) is 1. The molecular weight excluding hydrogens is 286 g/mol. The molecule has 1 aromatic heterocycles.